The third kappa shape index (κ3) is 38.1. The van der Waals surface area contributed by atoms with Crippen LogP contribution in [0.2, 0.25) is 26.4 Å². The van der Waals surface area contributed by atoms with E-state index in [9.17, 15) is 10.2 Å². The number of aromatic nitrogens is 9. The van der Waals surface area contributed by atoms with Gasteiger partial charge in [0.2, 0.25) is 0 Å². The molecule has 10 aromatic rings. The maximum atomic E-state index is 10.2. The fourth-order valence-electron chi connectivity index (χ4n) is 13.9. The van der Waals surface area contributed by atoms with Gasteiger partial charge in [-0.2, -0.15) is 0 Å². The Labute approximate surface area is 857 Å². The molecule has 727 valence electrons. The van der Waals surface area contributed by atoms with Gasteiger partial charge in [-0.1, -0.05) is 148 Å². The van der Waals surface area contributed by atoms with E-state index in [1.165, 1.54) is 119 Å². The van der Waals surface area contributed by atoms with Gasteiger partial charge in [-0.3, -0.25) is 15.0 Å². The van der Waals surface area contributed by atoms with E-state index in [-0.39, 0.29) is 41.4 Å². The molecule has 0 bridgehead atoms. The van der Waals surface area contributed by atoms with E-state index in [0.717, 1.165) is 159 Å². The predicted molar refractivity (Wildman–Crippen MR) is 559 cm³/mol. The van der Waals surface area contributed by atoms with Gasteiger partial charge < -0.3 is 73.5 Å². The summed E-state index contributed by atoms with van der Waals surface area (Å²) in [6, 6.07) is 43.4. The topological polar surface area (TPSA) is 336 Å². The Morgan fingerprint density at radius 3 is 1.47 bits per heavy atom. The standard InChI is InChI=1S/C26H30N4O3.C14H17NO.C13H15NO2.C11H19BO3.C11H12ClNO.C7H7Br.C6H5BrClN.C5H3BrClNO.C5H4ClNO.C3H7BO2.BHNS/c1-26(2,31)23-15-19(7-11-27-23)29-24-16-20(8-12-28-24)33-22-6-5-21(17-3-4-17)30-25(22)18-9-13-32-14-10-18;1-10-2-5-13(11-3-4-11)15-14(10)12-6-8-16-9-7-12;15-12-4-3-11(9-1-2-9)14-13(12)10-5-7-16-8-6-10;1-10(2)11(3,4)15-12(14-10)9-5-7-13-8-6-9;1-8-2-3-10(12)13-11(8)9-4-6-14-7-5-9;8-6-7-4-2-1-3-5-7;1-4-2-3-5(8)9-6(4)7;6-5-3(9)1-2-4(7)8-5;6-5-2-1-4(8)3-7-5;5-4(6)3-1-2-3;1-2-3/h5-8,11-12,15-18,31H,3-4,9-10,13-14H2,1-2H3,(H,27,28,29);2,5-6,11H,3-4,7-9H2,1H3;3-5,9,15H,1-2,6-8H2;5H,6-8H2,1-4H3;2-4H,5-7H2,1H3;1-5H,6H2;2-3H,1H3;1-2,9H;1-3,8H;3,5-6H,1-2H2;3H. The van der Waals surface area contributed by atoms with Crippen molar-refractivity contribution in [2.24, 2.45) is 4.30 Å². The second-order valence-corrected chi connectivity index (χ2v) is 38.9. The maximum absolute atomic E-state index is 10.2. The Hall–Kier alpha value is -7.93. The van der Waals surface area contributed by atoms with Crippen LogP contribution in [0.5, 0.6) is 28.7 Å². The number of nitrogens with one attached hydrogen (secondary N) is 1. The third-order valence-electron chi connectivity index (χ3n) is 23.1. The van der Waals surface area contributed by atoms with Crippen molar-refractivity contribution in [1.29, 1.82) is 0 Å². The number of aryl methyl sites for hydroxylation is 3. The predicted octanol–water partition coefficient (Wildman–Crippen LogP) is 24.6. The first-order chi connectivity index (χ1) is 65.7. The summed E-state index contributed by atoms with van der Waals surface area (Å²) >= 11 is 35.1. The number of aliphatic hydroxyl groups is 1. The Morgan fingerprint density at radius 2 is 1.00 bits per heavy atom. The fraction of sp³-hybridized carbons (Fsp3) is 0.416. The molecule has 0 unspecified atom stereocenters. The number of nitrogens with zero attached hydrogens (tertiary/aromatic N) is 10. The quantitative estimate of drug-likeness (QED) is 0.0205. The summed E-state index contributed by atoms with van der Waals surface area (Å²) in [6.45, 7) is 25.3. The Morgan fingerprint density at radius 1 is 0.518 bits per heavy atom. The second-order valence-electron chi connectivity index (χ2n) is 35.1. The number of hydrogen-bond acceptors (Lipinski definition) is 26. The summed E-state index contributed by atoms with van der Waals surface area (Å²) in [5.41, 5.74) is 17.3. The minimum atomic E-state index is -1.04. The zero-order valence-corrected chi connectivity index (χ0v) is 87.3. The molecule has 4 aliphatic carbocycles. The van der Waals surface area contributed by atoms with Gasteiger partial charge in [0.15, 0.2) is 0 Å². The summed E-state index contributed by atoms with van der Waals surface area (Å²) in [5.74, 6) is 5.19. The van der Waals surface area contributed by atoms with Crippen LogP contribution in [0.4, 0.5) is 11.5 Å². The molecule has 1 radical (unpaired) electrons. The van der Waals surface area contributed by atoms with Crippen LogP contribution in [0.1, 0.15) is 223 Å². The summed E-state index contributed by atoms with van der Waals surface area (Å²) < 4.78 is 48.8. The number of pyridine rings is 9. The summed E-state index contributed by atoms with van der Waals surface area (Å²) in [4.78, 5) is 38.7. The van der Waals surface area contributed by atoms with Crippen LogP contribution in [-0.4, -0.2) is 174 Å². The first kappa shape index (κ1) is 111. The molecule has 6 aliphatic heterocycles. The van der Waals surface area contributed by atoms with E-state index >= 15 is 0 Å². The molecule has 10 aliphatic rings. The van der Waals surface area contributed by atoms with Crippen LogP contribution in [0, 0.1) is 20.8 Å². The minimum absolute atomic E-state index is 0.0967. The molecule has 0 spiro atoms. The number of hydrogen-bond donors (Lipinski definition) is 8. The molecule has 15 heterocycles. The number of anilines is 2. The van der Waals surface area contributed by atoms with Crippen molar-refractivity contribution in [3.05, 3.63) is 286 Å². The molecule has 7 N–H and O–H groups in total. The van der Waals surface area contributed by atoms with Crippen LogP contribution < -0.4 is 10.1 Å². The Balaban J connectivity index is 0.000000163. The number of aromatic hydroxyl groups is 3. The molecule has 9 aromatic heterocycles. The first-order valence-corrected chi connectivity index (χ1v) is 50.3. The molecule has 0 atom stereocenters. The van der Waals surface area contributed by atoms with Gasteiger partial charge in [-0.05, 0) is 306 Å². The normalized spacial score (nSPS) is 17.1. The zero-order valence-electron chi connectivity index (χ0n) is 78.6. The van der Waals surface area contributed by atoms with Crippen molar-refractivity contribution in [3.8, 4) is 28.7 Å². The Bertz CT molecular complexity index is 5480. The van der Waals surface area contributed by atoms with Crippen LogP contribution >= 0.6 is 107 Å². The van der Waals surface area contributed by atoms with Gasteiger partial charge in [0.1, 0.15) is 75.7 Å². The number of ether oxygens (including phenoxy) is 6. The van der Waals surface area contributed by atoms with Crippen molar-refractivity contribution in [3.63, 3.8) is 0 Å². The summed E-state index contributed by atoms with van der Waals surface area (Å²) in [7, 11) is 3.12. The molecule has 137 heavy (non-hydrogen) atoms. The van der Waals surface area contributed by atoms with Crippen molar-refractivity contribution >= 4 is 157 Å². The first-order valence-electron chi connectivity index (χ1n) is 45.7. The fourth-order valence-corrected chi connectivity index (χ4v) is 15.7. The number of benzene rings is 1. The summed E-state index contributed by atoms with van der Waals surface area (Å²) in [6.07, 6.45) is 28.2. The van der Waals surface area contributed by atoms with Gasteiger partial charge in [0.05, 0.1) is 93.0 Å². The third-order valence-corrected chi connectivity index (χ3v) is 26.0. The molecular formula is C101H120B3Br3Cl4N11O14S. The van der Waals surface area contributed by atoms with Gasteiger partial charge in [-0.15, -0.1) is 0 Å². The van der Waals surface area contributed by atoms with E-state index < -0.39 is 12.7 Å². The monoisotopic (exact) mass is 2150 g/mol. The van der Waals surface area contributed by atoms with E-state index in [0.29, 0.717) is 80.1 Å². The molecule has 2 saturated heterocycles. The van der Waals surface area contributed by atoms with Crippen molar-refractivity contribution in [1.82, 2.24) is 44.9 Å². The van der Waals surface area contributed by atoms with Gasteiger partial charge >= 0.3 is 39.0 Å². The van der Waals surface area contributed by atoms with Crippen LogP contribution in [-0.2, 0) is 43.9 Å². The molecule has 25 nitrogen and oxygen atoms in total. The van der Waals surface area contributed by atoms with Crippen molar-refractivity contribution in [2.75, 3.05) is 71.4 Å². The Kier molecular flexibility index (Phi) is 45.4. The molecule has 4 saturated carbocycles. The SMILES string of the molecule is BrCc1ccccc1.CC(C)(O)c1cc(Nc2cc(Oc3ccc(C4CC4)nc3C3CCOCC3)ccn2)ccn1.CC1(C)OB(C2=CCOCC2)OC1(C)C.Cc1ccc(C2CC2)nc1C1=CCOCC1.Cc1ccc(Cl)nc1Br.Cc1ccc(Cl)nc1C1=CCOCC1.OB(O)C1CC1.Oc1ccc(C2CC2)nc1C1=CCOCC1.Oc1ccc(Cl)nc1.Oc1ccc(Cl)nc1Br.[B]=NS. The van der Waals surface area contributed by atoms with E-state index in [1.54, 1.807) is 38.4 Å². The van der Waals surface area contributed by atoms with Gasteiger partial charge in [-0.25, -0.2) is 29.9 Å². The average Bonchev–Trinajstić information content (AvgIpc) is 1.63. The number of rotatable bonds is 15. The second kappa shape index (κ2) is 56.1. The summed E-state index contributed by atoms with van der Waals surface area (Å²) in [5, 5.41) is 60.1. The van der Waals surface area contributed by atoms with Gasteiger partial charge in [0.25, 0.3) is 0 Å². The van der Waals surface area contributed by atoms with Crippen LogP contribution in [0.3, 0.4) is 0 Å². The number of alkyl halides is 1. The molecule has 36 heteroatoms. The van der Waals surface area contributed by atoms with Crippen molar-refractivity contribution < 1.29 is 68.2 Å². The molecule has 1 aromatic carbocycles. The molecule has 6 fully saturated rings. The van der Waals surface area contributed by atoms with Crippen LogP contribution in [0.25, 0.3) is 16.7 Å². The number of thiol groups is 1. The molecule has 20 rings (SSSR count). The van der Waals surface area contributed by atoms with Crippen LogP contribution in [0.15, 0.2) is 201 Å². The van der Waals surface area contributed by atoms with E-state index in [4.69, 9.17) is 114 Å². The zero-order chi connectivity index (χ0) is 98.6. The van der Waals surface area contributed by atoms with Crippen molar-refractivity contribution in [2.45, 2.75) is 204 Å². The van der Waals surface area contributed by atoms with E-state index in [2.05, 4.69) is 209 Å². The van der Waals surface area contributed by atoms with E-state index in [1.807, 2.05) is 79.7 Å². The number of halogens is 7. The molecule has 0 amide bonds. The molecular weight excluding hydrogens is 2040 g/mol. The average molecular weight is 2160 g/mol. The van der Waals surface area contributed by atoms with Gasteiger partial charge in [0, 0.05) is 83.4 Å².